The molecule has 0 spiro atoms. The Kier molecular flexibility index (Phi) is 2.77. The number of hydrogen-bond acceptors (Lipinski definition) is 5. The Labute approximate surface area is 87.5 Å². The zero-order chi connectivity index (χ0) is 10.7. The summed E-state index contributed by atoms with van der Waals surface area (Å²) in [5, 5.41) is 3.19. The van der Waals surface area contributed by atoms with Crippen LogP contribution in [0.3, 0.4) is 0 Å². The summed E-state index contributed by atoms with van der Waals surface area (Å²) in [6.07, 6.45) is 2.93. The van der Waals surface area contributed by atoms with E-state index in [2.05, 4.69) is 15.3 Å². The summed E-state index contributed by atoms with van der Waals surface area (Å²) in [4.78, 5) is 21.3. The lowest BCUT2D eigenvalue weighted by Gasteiger charge is -2.27. The molecule has 1 aromatic heterocycles. The number of nitrogens with zero attached hydrogens (tertiary/aromatic N) is 3. The van der Waals surface area contributed by atoms with E-state index in [0.29, 0.717) is 5.56 Å². The van der Waals surface area contributed by atoms with E-state index in [1.165, 1.54) is 12.4 Å². The summed E-state index contributed by atoms with van der Waals surface area (Å²) in [6, 6.07) is 0. The van der Waals surface area contributed by atoms with Gasteiger partial charge in [-0.1, -0.05) is 0 Å². The topological polar surface area (TPSA) is 84.1 Å². The first kappa shape index (κ1) is 9.85. The lowest BCUT2D eigenvalue weighted by Crippen LogP contribution is -2.46. The Balaban J connectivity index is 2.09. The van der Waals surface area contributed by atoms with Gasteiger partial charge in [0.15, 0.2) is 0 Å². The van der Waals surface area contributed by atoms with Gasteiger partial charge in [0.25, 0.3) is 5.91 Å². The van der Waals surface area contributed by atoms with Gasteiger partial charge < -0.3 is 16.0 Å². The molecule has 80 valence electrons. The maximum atomic E-state index is 11.9. The van der Waals surface area contributed by atoms with Crippen molar-refractivity contribution in [2.45, 2.75) is 0 Å². The Morgan fingerprint density at radius 3 is 2.53 bits per heavy atom. The van der Waals surface area contributed by atoms with Gasteiger partial charge in [0.05, 0.1) is 5.56 Å². The van der Waals surface area contributed by atoms with E-state index in [1.54, 1.807) is 4.90 Å². The third kappa shape index (κ3) is 2.21. The molecule has 1 aromatic rings. The van der Waals surface area contributed by atoms with Crippen molar-refractivity contribution >= 4 is 11.9 Å². The number of aromatic nitrogens is 2. The van der Waals surface area contributed by atoms with Gasteiger partial charge >= 0.3 is 0 Å². The van der Waals surface area contributed by atoms with Crippen LogP contribution in [0, 0.1) is 0 Å². The molecule has 0 saturated carbocycles. The lowest BCUT2D eigenvalue weighted by molar-refractivity contribution is 0.0735. The van der Waals surface area contributed by atoms with Crippen LogP contribution >= 0.6 is 0 Å². The van der Waals surface area contributed by atoms with Crippen LogP contribution in [0.2, 0.25) is 0 Å². The fourth-order valence-corrected chi connectivity index (χ4v) is 1.50. The quantitative estimate of drug-likeness (QED) is 0.623. The number of rotatable bonds is 1. The van der Waals surface area contributed by atoms with Crippen LogP contribution in [0.25, 0.3) is 0 Å². The Bertz CT molecular complexity index is 344. The zero-order valence-electron chi connectivity index (χ0n) is 8.31. The van der Waals surface area contributed by atoms with E-state index >= 15 is 0 Å². The molecule has 3 N–H and O–H groups in total. The minimum atomic E-state index is -0.0310. The van der Waals surface area contributed by atoms with Gasteiger partial charge in [0, 0.05) is 38.6 Å². The van der Waals surface area contributed by atoms with Crippen LogP contribution < -0.4 is 11.1 Å². The largest absolute Gasteiger partial charge is 0.368 e. The summed E-state index contributed by atoms with van der Waals surface area (Å²) in [5.41, 5.74) is 5.84. The molecule has 1 aliphatic rings. The first-order chi connectivity index (χ1) is 7.27. The van der Waals surface area contributed by atoms with Crippen molar-refractivity contribution in [3.63, 3.8) is 0 Å². The molecule has 1 fully saturated rings. The van der Waals surface area contributed by atoms with Crippen molar-refractivity contribution < 1.29 is 4.79 Å². The van der Waals surface area contributed by atoms with E-state index in [1.807, 2.05) is 0 Å². The molecular weight excluding hydrogens is 194 g/mol. The molecule has 0 bridgehead atoms. The highest BCUT2D eigenvalue weighted by Gasteiger charge is 2.18. The average Bonchev–Trinajstić information content (AvgIpc) is 2.30. The van der Waals surface area contributed by atoms with E-state index in [4.69, 9.17) is 5.73 Å². The molecule has 1 amide bonds. The Hall–Kier alpha value is -1.69. The van der Waals surface area contributed by atoms with E-state index in [-0.39, 0.29) is 11.9 Å². The van der Waals surface area contributed by atoms with Crippen molar-refractivity contribution in [3.05, 3.63) is 18.0 Å². The highest BCUT2D eigenvalue weighted by molar-refractivity contribution is 5.93. The van der Waals surface area contributed by atoms with Gasteiger partial charge in [-0.2, -0.15) is 0 Å². The SMILES string of the molecule is Nc1ncc(C(=O)N2CCNCC2)cn1. The number of carbonyl (C=O) groups excluding carboxylic acids is 1. The number of nitrogens with two attached hydrogens (primary N) is 1. The number of carbonyl (C=O) groups is 1. The number of anilines is 1. The van der Waals surface area contributed by atoms with Gasteiger partial charge in [-0.15, -0.1) is 0 Å². The third-order valence-corrected chi connectivity index (χ3v) is 2.32. The maximum absolute atomic E-state index is 11.9. The van der Waals surface area contributed by atoms with Crippen LogP contribution in [0.4, 0.5) is 5.95 Å². The normalized spacial score (nSPS) is 16.4. The van der Waals surface area contributed by atoms with E-state index in [0.717, 1.165) is 26.2 Å². The van der Waals surface area contributed by atoms with Crippen molar-refractivity contribution in [1.29, 1.82) is 0 Å². The van der Waals surface area contributed by atoms with Crippen LogP contribution in [0.1, 0.15) is 10.4 Å². The smallest absolute Gasteiger partial charge is 0.257 e. The molecule has 6 heteroatoms. The molecular formula is C9H13N5O. The van der Waals surface area contributed by atoms with Crippen molar-refractivity contribution in [3.8, 4) is 0 Å². The summed E-state index contributed by atoms with van der Waals surface area (Å²) in [5.74, 6) is 0.156. The monoisotopic (exact) mass is 207 g/mol. The third-order valence-electron chi connectivity index (χ3n) is 2.32. The molecule has 2 heterocycles. The highest BCUT2D eigenvalue weighted by atomic mass is 16.2. The van der Waals surface area contributed by atoms with Crippen LogP contribution in [0.5, 0.6) is 0 Å². The van der Waals surface area contributed by atoms with Crippen molar-refractivity contribution in [2.24, 2.45) is 0 Å². The number of nitrogen functional groups attached to an aromatic ring is 1. The first-order valence-corrected chi connectivity index (χ1v) is 4.85. The second kappa shape index (κ2) is 4.22. The lowest BCUT2D eigenvalue weighted by atomic mass is 10.2. The molecule has 15 heavy (non-hydrogen) atoms. The summed E-state index contributed by atoms with van der Waals surface area (Å²) >= 11 is 0. The second-order valence-corrected chi connectivity index (χ2v) is 3.37. The fourth-order valence-electron chi connectivity index (χ4n) is 1.50. The standard InChI is InChI=1S/C9H13N5O/c10-9-12-5-7(6-13-9)8(15)14-3-1-11-2-4-14/h5-6,11H,1-4H2,(H2,10,12,13). The van der Waals surface area contributed by atoms with Crippen LogP contribution in [-0.2, 0) is 0 Å². The minimum Gasteiger partial charge on any atom is -0.368 e. The van der Waals surface area contributed by atoms with Gasteiger partial charge in [-0.05, 0) is 0 Å². The Morgan fingerprint density at radius 2 is 1.93 bits per heavy atom. The van der Waals surface area contributed by atoms with Gasteiger partial charge in [-0.25, -0.2) is 9.97 Å². The summed E-state index contributed by atoms with van der Waals surface area (Å²) in [6.45, 7) is 3.12. The molecule has 1 saturated heterocycles. The number of nitrogens with one attached hydrogen (secondary N) is 1. The van der Waals surface area contributed by atoms with Gasteiger partial charge in [-0.3, -0.25) is 4.79 Å². The molecule has 2 rings (SSSR count). The summed E-state index contributed by atoms with van der Waals surface area (Å²) < 4.78 is 0. The van der Waals surface area contributed by atoms with Crippen molar-refractivity contribution in [2.75, 3.05) is 31.9 Å². The number of hydrogen-bond donors (Lipinski definition) is 2. The predicted octanol–water partition coefficient (Wildman–Crippen LogP) is -0.896. The van der Waals surface area contributed by atoms with Crippen LogP contribution in [-0.4, -0.2) is 47.0 Å². The fraction of sp³-hybridized carbons (Fsp3) is 0.444. The molecule has 0 aliphatic carbocycles. The Morgan fingerprint density at radius 1 is 1.33 bits per heavy atom. The minimum absolute atomic E-state index is 0.0310. The maximum Gasteiger partial charge on any atom is 0.257 e. The highest BCUT2D eigenvalue weighted by Crippen LogP contribution is 2.04. The van der Waals surface area contributed by atoms with Crippen LogP contribution in [0.15, 0.2) is 12.4 Å². The predicted molar refractivity (Wildman–Crippen MR) is 55.2 cm³/mol. The van der Waals surface area contributed by atoms with Gasteiger partial charge in [0.1, 0.15) is 0 Å². The second-order valence-electron chi connectivity index (χ2n) is 3.37. The van der Waals surface area contributed by atoms with Gasteiger partial charge in [0.2, 0.25) is 5.95 Å². The molecule has 1 aliphatic heterocycles. The first-order valence-electron chi connectivity index (χ1n) is 4.85. The average molecular weight is 207 g/mol. The van der Waals surface area contributed by atoms with E-state index in [9.17, 15) is 4.79 Å². The van der Waals surface area contributed by atoms with Crippen molar-refractivity contribution in [1.82, 2.24) is 20.2 Å². The number of piperazine rings is 1. The molecule has 0 radical (unpaired) electrons. The number of amides is 1. The molecule has 6 nitrogen and oxygen atoms in total. The molecule has 0 aromatic carbocycles. The van der Waals surface area contributed by atoms with E-state index < -0.39 is 0 Å². The zero-order valence-corrected chi connectivity index (χ0v) is 8.31. The summed E-state index contributed by atoms with van der Waals surface area (Å²) in [7, 11) is 0. The molecule has 0 unspecified atom stereocenters. The molecule has 0 atom stereocenters.